The lowest BCUT2D eigenvalue weighted by molar-refractivity contribution is -0.146. The second-order valence-corrected chi connectivity index (χ2v) is 11.6. The van der Waals surface area contributed by atoms with E-state index in [2.05, 4.69) is 15.4 Å². The zero-order valence-corrected chi connectivity index (χ0v) is 24.5. The summed E-state index contributed by atoms with van der Waals surface area (Å²) in [5.74, 6) is -1.32. The maximum absolute atomic E-state index is 11.8. The monoisotopic (exact) mass is 562 g/mol. The SMILES string of the molecule is COC(=O)[C@@H]1C[C@H](O)[C@H](NC(=O)OC(C)(C)C)C1.COCO[C@H]1C[C@@H](C(=O)OC)C[C@H]1NC(=O)OC(C)(C)C. The molecule has 6 atom stereocenters. The van der Waals surface area contributed by atoms with Crippen LogP contribution in [-0.2, 0) is 38.0 Å². The third kappa shape index (κ3) is 12.8. The molecular formula is C26H46N2O11. The van der Waals surface area contributed by atoms with E-state index < -0.39 is 35.5 Å². The van der Waals surface area contributed by atoms with Crippen molar-refractivity contribution in [2.24, 2.45) is 11.8 Å². The summed E-state index contributed by atoms with van der Waals surface area (Å²) in [5, 5.41) is 15.1. The number of hydrogen-bond acceptors (Lipinski definition) is 11. The van der Waals surface area contributed by atoms with Crippen LogP contribution in [0.25, 0.3) is 0 Å². The number of carbonyl (C=O) groups excluding carboxylic acids is 4. The van der Waals surface area contributed by atoms with Gasteiger partial charge in [-0.25, -0.2) is 9.59 Å². The standard InChI is InChI=1S/C14H25NO6.C12H21NO5/c1-14(2,3)21-13(17)15-10-6-9(12(16)19-5)7-11(10)20-8-18-4;1-12(2,3)18-11(16)13-8-5-7(6-9(8)14)10(15)17-4/h9-11H,6-8H2,1-5H3,(H,15,17);7-9,14H,5-6H2,1-4H3,(H,13,16)/t9-,10+,11-;7-,8+,9-/m00/s1. The van der Waals surface area contributed by atoms with Gasteiger partial charge in [0, 0.05) is 7.11 Å². The molecule has 0 radical (unpaired) electrons. The lowest BCUT2D eigenvalue weighted by Gasteiger charge is -2.24. The first-order valence-corrected chi connectivity index (χ1v) is 12.9. The van der Waals surface area contributed by atoms with E-state index in [4.69, 9.17) is 23.7 Å². The summed E-state index contributed by atoms with van der Waals surface area (Å²) in [5.41, 5.74) is -1.16. The van der Waals surface area contributed by atoms with Gasteiger partial charge >= 0.3 is 24.1 Å². The minimum absolute atomic E-state index is 0.102. The minimum Gasteiger partial charge on any atom is -0.469 e. The lowest BCUT2D eigenvalue weighted by Crippen LogP contribution is -2.43. The molecule has 2 saturated carbocycles. The van der Waals surface area contributed by atoms with Crippen LogP contribution in [0, 0.1) is 11.8 Å². The van der Waals surface area contributed by atoms with Gasteiger partial charge in [0.25, 0.3) is 0 Å². The lowest BCUT2D eigenvalue weighted by atomic mass is 10.1. The summed E-state index contributed by atoms with van der Waals surface area (Å²) < 4.78 is 30.1. The molecule has 0 saturated heterocycles. The van der Waals surface area contributed by atoms with Gasteiger partial charge in [-0.3, -0.25) is 9.59 Å². The Hall–Kier alpha value is -2.64. The molecule has 2 aliphatic rings. The predicted molar refractivity (Wildman–Crippen MR) is 139 cm³/mol. The van der Waals surface area contributed by atoms with E-state index in [1.807, 2.05) is 0 Å². The second kappa shape index (κ2) is 15.2. The van der Waals surface area contributed by atoms with Crippen LogP contribution in [0.2, 0.25) is 0 Å². The number of hydrogen-bond donors (Lipinski definition) is 3. The van der Waals surface area contributed by atoms with Crippen molar-refractivity contribution < 1.29 is 52.7 Å². The first kappa shape index (κ1) is 34.4. The van der Waals surface area contributed by atoms with Crippen molar-refractivity contribution in [2.75, 3.05) is 28.1 Å². The summed E-state index contributed by atoms with van der Waals surface area (Å²) in [7, 11) is 4.17. The zero-order chi connectivity index (χ0) is 30.0. The molecular weight excluding hydrogens is 516 g/mol. The molecule has 3 N–H and O–H groups in total. The highest BCUT2D eigenvalue weighted by Gasteiger charge is 2.41. The van der Waals surface area contributed by atoms with Crippen molar-refractivity contribution in [3.8, 4) is 0 Å². The normalized spacial score (nSPS) is 26.5. The number of methoxy groups -OCH3 is 3. The summed E-state index contributed by atoms with van der Waals surface area (Å²) >= 11 is 0. The maximum atomic E-state index is 11.8. The van der Waals surface area contributed by atoms with Crippen LogP contribution >= 0.6 is 0 Å². The van der Waals surface area contributed by atoms with E-state index in [1.165, 1.54) is 21.3 Å². The molecule has 0 aromatic heterocycles. The molecule has 2 fully saturated rings. The molecule has 0 aromatic carbocycles. The Kier molecular flexibility index (Phi) is 13.4. The molecule has 0 spiro atoms. The van der Waals surface area contributed by atoms with Crippen molar-refractivity contribution in [3.05, 3.63) is 0 Å². The number of amides is 2. The van der Waals surface area contributed by atoms with Crippen molar-refractivity contribution in [1.82, 2.24) is 10.6 Å². The van der Waals surface area contributed by atoms with Crippen molar-refractivity contribution in [3.63, 3.8) is 0 Å². The highest BCUT2D eigenvalue weighted by Crippen LogP contribution is 2.30. The van der Waals surface area contributed by atoms with Crippen molar-refractivity contribution in [2.45, 2.75) is 103 Å². The third-order valence-corrected chi connectivity index (χ3v) is 5.91. The molecule has 0 aromatic rings. The van der Waals surface area contributed by atoms with Gasteiger partial charge in [-0.15, -0.1) is 0 Å². The highest BCUT2D eigenvalue weighted by molar-refractivity contribution is 5.74. The summed E-state index contributed by atoms with van der Waals surface area (Å²) in [4.78, 5) is 46.4. The fraction of sp³-hybridized carbons (Fsp3) is 0.846. The van der Waals surface area contributed by atoms with Crippen LogP contribution in [-0.4, -0.2) is 92.8 Å². The van der Waals surface area contributed by atoms with E-state index >= 15 is 0 Å². The van der Waals surface area contributed by atoms with Crippen LogP contribution in [0.15, 0.2) is 0 Å². The molecule has 13 heteroatoms. The number of carbonyl (C=O) groups is 4. The molecule has 2 rings (SSSR count). The average molecular weight is 563 g/mol. The van der Waals surface area contributed by atoms with Crippen LogP contribution in [0.3, 0.4) is 0 Å². The van der Waals surface area contributed by atoms with Crippen LogP contribution < -0.4 is 10.6 Å². The number of alkyl carbamates (subject to hydrolysis) is 2. The Morgan fingerprint density at radius 2 is 1.15 bits per heavy atom. The Balaban J connectivity index is 0.000000395. The molecule has 39 heavy (non-hydrogen) atoms. The largest absolute Gasteiger partial charge is 0.469 e. The Morgan fingerprint density at radius 1 is 0.718 bits per heavy atom. The number of esters is 2. The summed E-state index contributed by atoms with van der Waals surface area (Å²) in [6, 6.07) is -0.775. The van der Waals surface area contributed by atoms with E-state index in [0.717, 1.165) is 0 Å². The van der Waals surface area contributed by atoms with E-state index in [-0.39, 0.29) is 42.7 Å². The first-order chi connectivity index (χ1) is 18.0. The summed E-state index contributed by atoms with van der Waals surface area (Å²) in [6.07, 6.45) is -0.555. The second-order valence-electron chi connectivity index (χ2n) is 11.6. The van der Waals surface area contributed by atoms with Gasteiger partial charge in [-0.05, 0) is 67.2 Å². The summed E-state index contributed by atoms with van der Waals surface area (Å²) in [6.45, 7) is 10.7. The molecule has 0 unspecified atom stereocenters. The van der Waals surface area contributed by atoms with Gasteiger partial charge in [0.1, 0.15) is 18.0 Å². The Labute approximate surface area is 230 Å². The van der Waals surface area contributed by atoms with Gasteiger partial charge in [0.15, 0.2) is 0 Å². The van der Waals surface area contributed by atoms with Crippen molar-refractivity contribution in [1.29, 1.82) is 0 Å². The Morgan fingerprint density at radius 3 is 1.59 bits per heavy atom. The maximum Gasteiger partial charge on any atom is 0.407 e. The topological polar surface area (TPSA) is 168 Å². The molecule has 2 aliphatic carbocycles. The zero-order valence-electron chi connectivity index (χ0n) is 24.5. The first-order valence-electron chi connectivity index (χ1n) is 12.9. The molecule has 0 heterocycles. The molecule has 13 nitrogen and oxygen atoms in total. The quantitative estimate of drug-likeness (QED) is 0.236. The number of ether oxygens (including phenoxy) is 6. The van der Waals surface area contributed by atoms with Gasteiger partial charge < -0.3 is 44.2 Å². The number of rotatable bonds is 7. The van der Waals surface area contributed by atoms with Gasteiger partial charge in [0.05, 0.1) is 50.3 Å². The molecule has 0 bridgehead atoms. The van der Waals surface area contributed by atoms with E-state index in [1.54, 1.807) is 41.5 Å². The minimum atomic E-state index is -0.749. The predicted octanol–water partition coefficient (Wildman–Crippen LogP) is 2.28. The van der Waals surface area contributed by atoms with Gasteiger partial charge in [0.2, 0.25) is 0 Å². The van der Waals surface area contributed by atoms with Crippen molar-refractivity contribution >= 4 is 24.1 Å². The smallest absolute Gasteiger partial charge is 0.407 e. The highest BCUT2D eigenvalue weighted by atomic mass is 16.7. The third-order valence-electron chi connectivity index (χ3n) is 5.91. The fourth-order valence-electron chi connectivity index (χ4n) is 4.30. The number of aliphatic hydroxyl groups excluding tert-OH is 1. The van der Waals surface area contributed by atoms with E-state index in [9.17, 15) is 24.3 Å². The van der Waals surface area contributed by atoms with E-state index in [0.29, 0.717) is 25.7 Å². The van der Waals surface area contributed by atoms with Gasteiger partial charge in [-0.1, -0.05) is 0 Å². The van der Waals surface area contributed by atoms with Crippen LogP contribution in [0.5, 0.6) is 0 Å². The Bertz CT molecular complexity index is 822. The van der Waals surface area contributed by atoms with Crippen LogP contribution in [0.1, 0.15) is 67.2 Å². The number of nitrogens with one attached hydrogen (secondary N) is 2. The van der Waals surface area contributed by atoms with Gasteiger partial charge in [-0.2, -0.15) is 0 Å². The molecule has 2 amide bonds. The average Bonchev–Trinajstić information content (AvgIpc) is 3.37. The van der Waals surface area contributed by atoms with Crippen LogP contribution in [0.4, 0.5) is 9.59 Å². The fourth-order valence-corrected chi connectivity index (χ4v) is 4.30. The molecule has 0 aliphatic heterocycles. The molecule has 226 valence electrons. The number of aliphatic hydroxyl groups is 1.